The lowest BCUT2D eigenvalue weighted by atomic mass is 10.1. The molecule has 0 aromatic heterocycles. The first-order valence-electron chi connectivity index (χ1n) is 11.0. The Bertz CT molecular complexity index is 1200. The summed E-state index contributed by atoms with van der Waals surface area (Å²) < 4.78 is 17.2. The van der Waals surface area contributed by atoms with E-state index in [-0.39, 0.29) is 11.5 Å². The lowest BCUT2D eigenvalue weighted by Crippen LogP contribution is -2.41. The Morgan fingerprint density at radius 3 is 2.64 bits per heavy atom. The number of hydrogen-bond acceptors (Lipinski definition) is 5. The minimum atomic E-state index is -0.282. The highest BCUT2D eigenvalue weighted by molar-refractivity contribution is 6.01. The van der Waals surface area contributed by atoms with Gasteiger partial charge in [0.25, 0.3) is 5.91 Å². The second-order valence-electron chi connectivity index (χ2n) is 7.64. The number of fused-ring (bicyclic) bond motifs is 1. The zero-order chi connectivity index (χ0) is 23.0. The number of amides is 1. The monoisotopic (exact) mass is 442 g/mol. The molecule has 0 atom stereocenters. The van der Waals surface area contributed by atoms with Crippen LogP contribution in [0.3, 0.4) is 0 Å². The second kappa shape index (κ2) is 10.7. The van der Waals surface area contributed by atoms with E-state index in [0.717, 1.165) is 16.3 Å². The van der Waals surface area contributed by atoms with Crippen molar-refractivity contribution < 1.29 is 19.0 Å². The summed E-state index contributed by atoms with van der Waals surface area (Å²) in [4.78, 5) is 14.3. The van der Waals surface area contributed by atoms with Gasteiger partial charge < -0.3 is 19.1 Å². The largest absolute Gasteiger partial charge is 0.490 e. The van der Waals surface area contributed by atoms with Gasteiger partial charge in [0.1, 0.15) is 18.2 Å². The van der Waals surface area contributed by atoms with Crippen LogP contribution in [0.2, 0.25) is 0 Å². The fourth-order valence-electron chi connectivity index (χ4n) is 3.82. The van der Waals surface area contributed by atoms with Gasteiger partial charge in [-0.05, 0) is 47.0 Å². The molecule has 0 radical (unpaired) electrons. The predicted molar refractivity (Wildman–Crippen MR) is 127 cm³/mol. The molecule has 1 amide bonds. The maximum atomic E-state index is 12.7. The molecule has 6 heteroatoms. The first-order chi connectivity index (χ1) is 16.2. The number of ether oxygens (including phenoxy) is 3. The molecule has 0 saturated carbocycles. The van der Waals surface area contributed by atoms with E-state index < -0.39 is 0 Å². The summed E-state index contributed by atoms with van der Waals surface area (Å²) in [6, 6.07) is 21.8. The minimum Gasteiger partial charge on any atom is -0.490 e. The van der Waals surface area contributed by atoms with Crippen LogP contribution in [0.15, 0.2) is 66.2 Å². The number of nitrogens with zero attached hydrogens (tertiary/aromatic N) is 2. The quantitative estimate of drug-likeness (QED) is 0.396. The highest BCUT2D eigenvalue weighted by atomic mass is 16.5. The summed E-state index contributed by atoms with van der Waals surface area (Å²) in [6.07, 6.45) is 1.59. The number of hydrogen-bond donors (Lipinski definition) is 0. The first-order valence-corrected chi connectivity index (χ1v) is 11.0. The highest BCUT2D eigenvalue weighted by Gasteiger charge is 2.20. The first kappa shape index (κ1) is 22.4. The molecule has 3 aromatic carbocycles. The Hall–Kier alpha value is -3.82. The standard InChI is InChI=1S/C27H26N2O4/c1-2-32-26-17-20(16-23(18-28)27(30)29-12-14-31-15-13-29)10-11-25(26)33-19-22-8-5-7-21-6-3-4-9-24(21)22/h3-11,16-17H,2,12-15,19H2,1H3/b23-16+. The Morgan fingerprint density at radius 1 is 1.06 bits per heavy atom. The maximum Gasteiger partial charge on any atom is 0.264 e. The van der Waals surface area contributed by atoms with Crippen LogP contribution in [0, 0.1) is 11.3 Å². The van der Waals surface area contributed by atoms with E-state index in [0.29, 0.717) is 56.6 Å². The van der Waals surface area contributed by atoms with Crippen LogP contribution in [0.1, 0.15) is 18.1 Å². The van der Waals surface area contributed by atoms with Crippen LogP contribution in [-0.4, -0.2) is 43.7 Å². The summed E-state index contributed by atoms with van der Waals surface area (Å²) >= 11 is 0. The molecule has 4 rings (SSSR count). The van der Waals surface area contributed by atoms with E-state index in [1.165, 1.54) is 0 Å². The lowest BCUT2D eigenvalue weighted by molar-refractivity contribution is -0.130. The van der Waals surface area contributed by atoms with E-state index in [1.807, 2.05) is 43.3 Å². The average molecular weight is 443 g/mol. The molecule has 3 aromatic rings. The van der Waals surface area contributed by atoms with Crippen molar-refractivity contribution in [1.82, 2.24) is 4.90 Å². The van der Waals surface area contributed by atoms with Gasteiger partial charge in [0.05, 0.1) is 19.8 Å². The maximum absolute atomic E-state index is 12.7. The number of rotatable bonds is 7. The third kappa shape index (κ3) is 5.33. The molecule has 1 fully saturated rings. The molecule has 0 unspecified atom stereocenters. The Labute approximate surface area is 193 Å². The van der Waals surface area contributed by atoms with Crippen molar-refractivity contribution in [2.24, 2.45) is 0 Å². The van der Waals surface area contributed by atoms with Gasteiger partial charge in [-0.2, -0.15) is 5.26 Å². The third-order valence-electron chi connectivity index (χ3n) is 5.49. The van der Waals surface area contributed by atoms with Crippen molar-refractivity contribution in [3.05, 3.63) is 77.4 Å². The third-order valence-corrected chi connectivity index (χ3v) is 5.49. The Kier molecular flexibility index (Phi) is 7.23. The number of benzene rings is 3. The molecule has 1 saturated heterocycles. The lowest BCUT2D eigenvalue weighted by Gasteiger charge is -2.26. The van der Waals surface area contributed by atoms with Crippen LogP contribution in [0.25, 0.3) is 16.8 Å². The van der Waals surface area contributed by atoms with Gasteiger partial charge in [0, 0.05) is 13.1 Å². The van der Waals surface area contributed by atoms with Crippen molar-refractivity contribution in [3.8, 4) is 17.6 Å². The van der Waals surface area contributed by atoms with Gasteiger partial charge in [-0.1, -0.05) is 48.5 Å². The van der Waals surface area contributed by atoms with E-state index in [2.05, 4.69) is 24.3 Å². The van der Waals surface area contributed by atoms with Crippen molar-refractivity contribution in [1.29, 1.82) is 5.26 Å². The summed E-state index contributed by atoms with van der Waals surface area (Å²) in [5.74, 6) is 0.901. The predicted octanol–water partition coefficient (Wildman–Crippen LogP) is 4.58. The summed E-state index contributed by atoms with van der Waals surface area (Å²) in [7, 11) is 0. The molecule has 1 heterocycles. The number of morpholine rings is 1. The summed E-state index contributed by atoms with van der Waals surface area (Å²) in [6.45, 7) is 4.72. The topological polar surface area (TPSA) is 71.8 Å². The van der Waals surface area contributed by atoms with E-state index in [4.69, 9.17) is 14.2 Å². The molecule has 1 aliphatic rings. The summed E-state index contributed by atoms with van der Waals surface area (Å²) in [5, 5.41) is 11.9. The van der Waals surface area contributed by atoms with Crippen molar-refractivity contribution in [2.45, 2.75) is 13.5 Å². The van der Waals surface area contributed by atoms with Gasteiger partial charge in [0.15, 0.2) is 11.5 Å². The molecule has 33 heavy (non-hydrogen) atoms. The van der Waals surface area contributed by atoms with E-state index in [1.54, 1.807) is 17.0 Å². The fourth-order valence-corrected chi connectivity index (χ4v) is 3.82. The van der Waals surface area contributed by atoms with Crippen LogP contribution in [-0.2, 0) is 16.1 Å². The second-order valence-corrected chi connectivity index (χ2v) is 7.64. The molecule has 168 valence electrons. The molecule has 1 aliphatic heterocycles. The molecular weight excluding hydrogens is 416 g/mol. The Morgan fingerprint density at radius 2 is 1.85 bits per heavy atom. The van der Waals surface area contributed by atoms with Crippen LogP contribution in [0.4, 0.5) is 0 Å². The SMILES string of the molecule is CCOc1cc(/C=C(\C#N)C(=O)N2CCOCC2)ccc1OCc1cccc2ccccc12. The number of carbonyl (C=O) groups is 1. The highest BCUT2D eigenvalue weighted by Crippen LogP contribution is 2.31. The van der Waals surface area contributed by atoms with Crippen molar-refractivity contribution in [2.75, 3.05) is 32.9 Å². The van der Waals surface area contributed by atoms with Crippen molar-refractivity contribution >= 4 is 22.8 Å². The average Bonchev–Trinajstić information content (AvgIpc) is 2.87. The minimum absolute atomic E-state index is 0.0868. The smallest absolute Gasteiger partial charge is 0.264 e. The zero-order valence-electron chi connectivity index (χ0n) is 18.6. The van der Waals surface area contributed by atoms with Crippen LogP contribution in [0.5, 0.6) is 11.5 Å². The summed E-state index contributed by atoms with van der Waals surface area (Å²) in [5.41, 5.74) is 1.88. The normalized spacial score (nSPS) is 14.1. The van der Waals surface area contributed by atoms with Gasteiger partial charge in [0.2, 0.25) is 0 Å². The van der Waals surface area contributed by atoms with E-state index in [9.17, 15) is 10.1 Å². The molecular formula is C27H26N2O4. The molecule has 0 bridgehead atoms. The fraction of sp³-hybridized carbons (Fsp3) is 0.259. The molecule has 0 N–H and O–H groups in total. The van der Waals surface area contributed by atoms with E-state index >= 15 is 0 Å². The number of nitriles is 1. The Balaban J connectivity index is 1.55. The van der Waals surface area contributed by atoms with Gasteiger partial charge in [-0.3, -0.25) is 4.79 Å². The molecule has 6 nitrogen and oxygen atoms in total. The van der Waals surface area contributed by atoms with Crippen LogP contribution >= 0.6 is 0 Å². The molecule has 0 spiro atoms. The zero-order valence-corrected chi connectivity index (χ0v) is 18.6. The van der Waals surface area contributed by atoms with Crippen LogP contribution < -0.4 is 9.47 Å². The van der Waals surface area contributed by atoms with Gasteiger partial charge in [-0.25, -0.2) is 0 Å². The number of carbonyl (C=O) groups excluding carboxylic acids is 1. The van der Waals surface area contributed by atoms with Crippen molar-refractivity contribution in [3.63, 3.8) is 0 Å². The van der Waals surface area contributed by atoms with Gasteiger partial charge >= 0.3 is 0 Å². The van der Waals surface area contributed by atoms with Gasteiger partial charge in [-0.15, -0.1) is 0 Å². The molecule has 0 aliphatic carbocycles.